The highest BCUT2D eigenvalue weighted by Gasteiger charge is 2.29. The second-order valence-electron chi connectivity index (χ2n) is 5.04. The lowest BCUT2D eigenvalue weighted by molar-refractivity contribution is -0.123. The molecular formula is C12H24N2O2. The van der Waals surface area contributed by atoms with Crippen LogP contribution in [0, 0.1) is 0 Å². The second kappa shape index (κ2) is 6.21. The summed E-state index contributed by atoms with van der Waals surface area (Å²) < 4.78 is 5.61. The van der Waals surface area contributed by atoms with E-state index in [9.17, 15) is 4.79 Å². The fourth-order valence-electron chi connectivity index (χ4n) is 2.01. The van der Waals surface area contributed by atoms with E-state index in [0.29, 0.717) is 6.54 Å². The first-order valence-corrected chi connectivity index (χ1v) is 6.17. The van der Waals surface area contributed by atoms with Crippen LogP contribution in [0.2, 0.25) is 0 Å². The Balaban J connectivity index is 2.23. The fraction of sp³-hybridized carbons (Fsp3) is 0.917. The molecule has 4 heteroatoms. The van der Waals surface area contributed by atoms with Crippen LogP contribution in [0.1, 0.15) is 40.0 Å². The van der Waals surface area contributed by atoms with Gasteiger partial charge in [-0.3, -0.25) is 4.79 Å². The number of carbonyl (C=O) groups excluding carboxylic acids is 1. The van der Waals surface area contributed by atoms with Crippen LogP contribution in [-0.4, -0.2) is 37.2 Å². The first-order valence-electron chi connectivity index (χ1n) is 6.17. The van der Waals surface area contributed by atoms with Gasteiger partial charge in [0.05, 0.1) is 12.1 Å². The Kier molecular flexibility index (Phi) is 5.22. The van der Waals surface area contributed by atoms with E-state index in [1.165, 1.54) is 0 Å². The largest absolute Gasteiger partial charge is 0.375 e. The topological polar surface area (TPSA) is 50.4 Å². The van der Waals surface area contributed by atoms with Gasteiger partial charge in [-0.05, 0) is 39.7 Å². The number of hydrogen-bond acceptors (Lipinski definition) is 3. The van der Waals surface area contributed by atoms with Gasteiger partial charge in [0.1, 0.15) is 0 Å². The van der Waals surface area contributed by atoms with Gasteiger partial charge in [-0.1, -0.05) is 6.92 Å². The fourth-order valence-corrected chi connectivity index (χ4v) is 2.01. The molecule has 0 aromatic rings. The van der Waals surface area contributed by atoms with E-state index in [4.69, 9.17) is 4.74 Å². The molecule has 4 nitrogen and oxygen atoms in total. The van der Waals surface area contributed by atoms with E-state index < -0.39 is 0 Å². The molecule has 1 aliphatic rings. The van der Waals surface area contributed by atoms with Crippen molar-refractivity contribution in [3.63, 3.8) is 0 Å². The lowest BCUT2D eigenvalue weighted by atomic mass is 9.94. The zero-order valence-electron chi connectivity index (χ0n) is 10.6. The van der Waals surface area contributed by atoms with Gasteiger partial charge in [0.25, 0.3) is 0 Å². The molecular weight excluding hydrogens is 204 g/mol. The Bertz CT molecular complexity index is 229. The van der Waals surface area contributed by atoms with Gasteiger partial charge in [0.15, 0.2) is 0 Å². The summed E-state index contributed by atoms with van der Waals surface area (Å²) in [5, 5.41) is 6.15. The van der Waals surface area contributed by atoms with Crippen molar-refractivity contribution in [3.05, 3.63) is 0 Å². The molecule has 0 aliphatic carbocycles. The lowest BCUT2D eigenvalue weighted by Gasteiger charge is -2.35. The van der Waals surface area contributed by atoms with Crippen LogP contribution in [-0.2, 0) is 9.53 Å². The molecule has 94 valence electrons. The van der Waals surface area contributed by atoms with Gasteiger partial charge < -0.3 is 15.4 Å². The number of hydrogen-bond donors (Lipinski definition) is 2. The summed E-state index contributed by atoms with van der Waals surface area (Å²) in [6, 6.07) is 0.264. The second-order valence-corrected chi connectivity index (χ2v) is 5.04. The Labute approximate surface area is 98.1 Å². The van der Waals surface area contributed by atoms with Gasteiger partial charge in [0, 0.05) is 12.6 Å². The van der Waals surface area contributed by atoms with E-state index in [1.54, 1.807) is 0 Å². The third-order valence-electron chi connectivity index (χ3n) is 2.77. The summed E-state index contributed by atoms with van der Waals surface area (Å²) in [5.41, 5.74) is -0.104. The van der Waals surface area contributed by atoms with Crippen molar-refractivity contribution in [3.8, 4) is 0 Å². The number of carbonyl (C=O) groups is 1. The van der Waals surface area contributed by atoms with Crippen molar-refractivity contribution in [2.75, 3.05) is 19.7 Å². The molecule has 0 saturated carbocycles. The zero-order valence-corrected chi connectivity index (χ0v) is 10.6. The summed E-state index contributed by atoms with van der Waals surface area (Å²) in [7, 11) is 0. The molecule has 1 amide bonds. The molecule has 1 atom stereocenters. The van der Waals surface area contributed by atoms with E-state index >= 15 is 0 Å². The van der Waals surface area contributed by atoms with Crippen LogP contribution in [0.25, 0.3) is 0 Å². The van der Waals surface area contributed by atoms with Crippen LogP contribution in [0.3, 0.4) is 0 Å². The van der Waals surface area contributed by atoms with Crippen molar-refractivity contribution >= 4 is 5.91 Å². The number of nitrogens with one attached hydrogen (secondary N) is 2. The minimum atomic E-state index is -0.104. The van der Waals surface area contributed by atoms with Crippen molar-refractivity contribution in [1.82, 2.24) is 10.6 Å². The van der Waals surface area contributed by atoms with Crippen LogP contribution in [0.15, 0.2) is 0 Å². The lowest BCUT2D eigenvalue weighted by Crippen LogP contribution is -2.47. The predicted octanol–water partition coefficient (Wildman–Crippen LogP) is 1.06. The van der Waals surface area contributed by atoms with Crippen LogP contribution >= 0.6 is 0 Å². The van der Waals surface area contributed by atoms with Gasteiger partial charge in [-0.15, -0.1) is 0 Å². The van der Waals surface area contributed by atoms with Crippen molar-refractivity contribution in [1.29, 1.82) is 0 Å². The Hall–Kier alpha value is -0.610. The summed E-state index contributed by atoms with van der Waals surface area (Å²) in [6.45, 7) is 8.28. The highest BCUT2D eigenvalue weighted by molar-refractivity contribution is 5.78. The molecule has 2 N–H and O–H groups in total. The summed E-state index contributed by atoms with van der Waals surface area (Å²) in [5.74, 6) is 0.0937. The first kappa shape index (κ1) is 13.5. The van der Waals surface area contributed by atoms with Gasteiger partial charge >= 0.3 is 0 Å². The van der Waals surface area contributed by atoms with E-state index in [-0.39, 0.29) is 17.6 Å². The minimum absolute atomic E-state index is 0.0937. The minimum Gasteiger partial charge on any atom is -0.375 e. The zero-order chi connectivity index (χ0) is 12.0. The first-order chi connectivity index (χ1) is 7.53. The maximum absolute atomic E-state index is 11.6. The van der Waals surface area contributed by atoms with Crippen molar-refractivity contribution in [2.45, 2.75) is 51.7 Å². The molecule has 0 aromatic carbocycles. The molecule has 1 fully saturated rings. The number of rotatable bonds is 5. The highest BCUT2D eigenvalue weighted by atomic mass is 16.5. The van der Waals surface area contributed by atoms with Gasteiger partial charge in [-0.2, -0.15) is 0 Å². The smallest absolute Gasteiger partial charge is 0.234 e. The van der Waals surface area contributed by atoms with E-state index in [2.05, 4.69) is 31.4 Å². The quantitative estimate of drug-likeness (QED) is 0.692. The van der Waals surface area contributed by atoms with Crippen LogP contribution in [0.5, 0.6) is 0 Å². The van der Waals surface area contributed by atoms with Crippen molar-refractivity contribution < 1.29 is 9.53 Å². The number of ether oxygens (including phenoxy) is 1. The van der Waals surface area contributed by atoms with Gasteiger partial charge in [-0.25, -0.2) is 0 Å². The van der Waals surface area contributed by atoms with Gasteiger partial charge in [0.2, 0.25) is 5.91 Å². The molecule has 1 unspecified atom stereocenters. The molecule has 1 heterocycles. The maximum Gasteiger partial charge on any atom is 0.234 e. The molecule has 0 radical (unpaired) electrons. The SMILES string of the molecule is CCCNCC(=O)NC1CCOC(C)(C)C1. The van der Waals surface area contributed by atoms with Crippen LogP contribution in [0.4, 0.5) is 0 Å². The number of amides is 1. The standard InChI is InChI=1S/C12H24N2O2/c1-4-6-13-9-11(15)14-10-5-7-16-12(2,3)8-10/h10,13H,4-9H2,1-3H3,(H,14,15). The molecule has 0 spiro atoms. The molecule has 16 heavy (non-hydrogen) atoms. The normalized spacial score (nSPS) is 24.1. The Morgan fingerprint density at radius 2 is 2.25 bits per heavy atom. The van der Waals surface area contributed by atoms with Crippen molar-refractivity contribution in [2.24, 2.45) is 0 Å². The average molecular weight is 228 g/mol. The summed E-state index contributed by atoms with van der Waals surface area (Å²) in [4.78, 5) is 11.6. The van der Waals surface area contributed by atoms with E-state index in [0.717, 1.165) is 32.4 Å². The van der Waals surface area contributed by atoms with E-state index in [1.807, 2.05) is 0 Å². The molecule has 1 aliphatic heterocycles. The molecule has 1 rings (SSSR count). The highest BCUT2D eigenvalue weighted by Crippen LogP contribution is 2.23. The summed E-state index contributed by atoms with van der Waals surface area (Å²) >= 11 is 0. The van der Waals surface area contributed by atoms with Crippen LogP contribution < -0.4 is 10.6 Å². The Morgan fingerprint density at radius 1 is 1.50 bits per heavy atom. The third-order valence-corrected chi connectivity index (χ3v) is 2.77. The third kappa shape index (κ3) is 4.94. The maximum atomic E-state index is 11.6. The molecule has 1 saturated heterocycles. The molecule has 0 bridgehead atoms. The molecule has 0 aromatic heterocycles. The summed E-state index contributed by atoms with van der Waals surface area (Å²) in [6.07, 6.45) is 2.87. The Morgan fingerprint density at radius 3 is 2.88 bits per heavy atom. The predicted molar refractivity (Wildman–Crippen MR) is 64.4 cm³/mol. The average Bonchev–Trinajstić information content (AvgIpc) is 2.16. The monoisotopic (exact) mass is 228 g/mol.